The van der Waals surface area contributed by atoms with E-state index in [1.54, 1.807) is 0 Å². The summed E-state index contributed by atoms with van der Waals surface area (Å²) in [4.78, 5) is 45.0. The molecule has 4 amide bonds. The second-order valence-electron chi connectivity index (χ2n) is 10.9. The van der Waals surface area contributed by atoms with Gasteiger partial charge in [0.15, 0.2) is 11.2 Å². The lowest BCUT2D eigenvalue weighted by Gasteiger charge is -2.53. The highest BCUT2D eigenvalue weighted by Gasteiger charge is 2.80. The highest BCUT2D eigenvalue weighted by Crippen LogP contribution is 2.65. The lowest BCUT2D eigenvalue weighted by molar-refractivity contribution is -0.150. The van der Waals surface area contributed by atoms with Crippen molar-refractivity contribution in [3.05, 3.63) is 23.1 Å². The monoisotopic (exact) mass is 498 g/mol. The predicted octanol–water partition coefficient (Wildman–Crippen LogP) is 0.878. The second kappa shape index (κ2) is 7.02. The molecule has 2 N–H and O–H groups in total. The Kier molecular flexibility index (Phi) is 4.31. The molecule has 4 aliphatic heterocycles. The number of imide groups is 2. The second-order valence-corrected chi connectivity index (χ2v) is 10.9. The summed E-state index contributed by atoms with van der Waals surface area (Å²) in [7, 11) is 4.03. The number of urea groups is 1. The van der Waals surface area contributed by atoms with Gasteiger partial charge in [-0.3, -0.25) is 30.0 Å². The first-order valence-corrected chi connectivity index (χ1v) is 12.3. The maximum Gasteiger partial charge on any atom is 0.328 e. The molecule has 36 heavy (non-hydrogen) atoms. The molecule has 0 radical (unpaired) electrons. The van der Waals surface area contributed by atoms with Gasteiger partial charge in [0.05, 0.1) is 41.5 Å². The molecule has 1 aliphatic carbocycles. The molecule has 4 atom stereocenters. The zero-order valence-electron chi connectivity index (χ0n) is 20.3. The van der Waals surface area contributed by atoms with Crippen molar-refractivity contribution in [2.45, 2.75) is 50.0 Å². The number of morpholine rings is 1. The molecule has 5 heterocycles. The fraction of sp³-hybridized carbons (Fsp3) is 0.583. The predicted molar refractivity (Wildman–Crippen MR) is 123 cm³/mol. The number of nitrogens with one attached hydrogen (secondary N) is 2. The topological polar surface area (TPSA) is 120 Å². The Morgan fingerprint density at radius 3 is 2.67 bits per heavy atom. The summed E-state index contributed by atoms with van der Waals surface area (Å²) in [6.07, 6.45) is 0.450. The number of benzene rings is 1. The fourth-order valence-corrected chi connectivity index (χ4v) is 7.15. The van der Waals surface area contributed by atoms with Crippen LogP contribution in [0.3, 0.4) is 0 Å². The number of hydrogen-bond acceptors (Lipinski definition) is 9. The Balaban J connectivity index is 1.43. The summed E-state index contributed by atoms with van der Waals surface area (Å²) in [6, 6.07) is 0.910. The lowest BCUT2D eigenvalue weighted by atomic mass is 9.66. The fourth-order valence-electron chi connectivity index (χ4n) is 7.15. The number of carbonyl (C=O) groups is 3. The van der Waals surface area contributed by atoms with Crippen LogP contribution in [0.4, 0.5) is 14.9 Å². The molecule has 2 spiro atoms. The van der Waals surface area contributed by atoms with E-state index >= 15 is 4.39 Å². The minimum atomic E-state index is -1.62. The molecule has 4 unspecified atom stereocenters. The summed E-state index contributed by atoms with van der Waals surface area (Å²) >= 11 is 0. The van der Waals surface area contributed by atoms with Gasteiger partial charge < -0.3 is 14.2 Å². The molecule has 1 aromatic carbocycles. The van der Waals surface area contributed by atoms with Crippen LogP contribution in [0.1, 0.15) is 37.1 Å². The number of nitrogens with zero attached hydrogens (tertiary/aromatic N) is 4. The standard InChI is InChI=1S/C24H27FN6O5/c1-11-9-31-18-12(7-23(24(31)8-15(24)35-11)20(32)26-22(34)27-21(23)33)6-13-17(28-36-19(13)16(18)25)14-4-5-29(2)10-30(14)3/h6,11,14-15H,4-5,7-10H2,1-3H3,(H2,26,27,32,33,34). The van der Waals surface area contributed by atoms with Crippen LogP contribution in [0.15, 0.2) is 10.6 Å². The number of barbiturate groups is 1. The number of anilines is 1. The molecule has 1 aromatic heterocycles. The van der Waals surface area contributed by atoms with Gasteiger partial charge in [-0.25, -0.2) is 9.18 Å². The van der Waals surface area contributed by atoms with Crippen LogP contribution in [-0.4, -0.2) is 84.4 Å². The first-order valence-electron chi connectivity index (χ1n) is 12.3. The minimum Gasteiger partial charge on any atom is -0.371 e. The van der Waals surface area contributed by atoms with Gasteiger partial charge in [-0.2, -0.15) is 0 Å². The first kappa shape index (κ1) is 22.1. The van der Waals surface area contributed by atoms with Crippen LogP contribution in [0.25, 0.3) is 11.0 Å². The van der Waals surface area contributed by atoms with Crippen LogP contribution in [-0.2, 0) is 20.7 Å². The van der Waals surface area contributed by atoms with E-state index in [-0.39, 0.29) is 24.1 Å². The van der Waals surface area contributed by atoms with Crippen molar-refractivity contribution in [3.63, 3.8) is 0 Å². The van der Waals surface area contributed by atoms with Gasteiger partial charge in [-0.1, -0.05) is 5.16 Å². The highest BCUT2D eigenvalue weighted by molar-refractivity contribution is 6.21. The van der Waals surface area contributed by atoms with Crippen molar-refractivity contribution in [1.82, 2.24) is 25.6 Å². The highest BCUT2D eigenvalue weighted by atomic mass is 19.1. The van der Waals surface area contributed by atoms with E-state index in [0.717, 1.165) is 19.6 Å². The summed E-state index contributed by atoms with van der Waals surface area (Å²) in [6.45, 7) is 3.77. The molecule has 3 saturated heterocycles. The molecule has 1 saturated carbocycles. The Bertz CT molecular complexity index is 1340. The van der Waals surface area contributed by atoms with E-state index < -0.39 is 40.7 Å². The summed E-state index contributed by atoms with van der Waals surface area (Å²) in [5, 5.41) is 9.42. The summed E-state index contributed by atoms with van der Waals surface area (Å²) in [5.74, 6) is -1.89. The molecule has 0 bridgehead atoms. The van der Waals surface area contributed by atoms with Crippen molar-refractivity contribution in [3.8, 4) is 0 Å². The minimum absolute atomic E-state index is 0.0566. The Morgan fingerprint density at radius 1 is 1.19 bits per heavy atom. The van der Waals surface area contributed by atoms with Crippen molar-refractivity contribution in [2.24, 2.45) is 5.41 Å². The molecule has 190 valence electrons. The molecule has 11 nitrogen and oxygen atoms in total. The van der Waals surface area contributed by atoms with Crippen molar-refractivity contribution < 1.29 is 28.0 Å². The van der Waals surface area contributed by atoms with Crippen LogP contribution in [0.2, 0.25) is 0 Å². The third-order valence-corrected chi connectivity index (χ3v) is 8.76. The van der Waals surface area contributed by atoms with Gasteiger partial charge in [0.25, 0.3) is 0 Å². The van der Waals surface area contributed by atoms with E-state index in [1.807, 2.05) is 32.0 Å². The van der Waals surface area contributed by atoms with Crippen molar-refractivity contribution in [1.29, 1.82) is 0 Å². The molecular weight excluding hydrogens is 471 g/mol. The zero-order chi connectivity index (χ0) is 25.1. The van der Waals surface area contributed by atoms with E-state index in [4.69, 9.17) is 9.26 Å². The molecule has 5 aliphatic rings. The van der Waals surface area contributed by atoms with Gasteiger partial charge in [0, 0.05) is 25.9 Å². The molecule has 7 rings (SSSR count). The Labute approximate surface area is 205 Å². The van der Waals surface area contributed by atoms with E-state index in [2.05, 4.69) is 25.6 Å². The maximum atomic E-state index is 16.3. The number of hydrogen-bond donors (Lipinski definition) is 2. The maximum absolute atomic E-state index is 16.3. The van der Waals surface area contributed by atoms with E-state index in [1.165, 1.54) is 0 Å². The quantitative estimate of drug-likeness (QED) is 0.552. The summed E-state index contributed by atoms with van der Waals surface area (Å²) < 4.78 is 28.0. The van der Waals surface area contributed by atoms with Gasteiger partial charge in [0.2, 0.25) is 17.4 Å². The number of ether oxygens (including phenoxy) is 1. The SMILES string of the molecule is CC1CN2c3c(cc4c(C5CCN(C)CN5C)noc4c3F)CC3(C(=O)NC(=O)NC3=O)C23CC3O1. The number of rotatable bonds is 1. The van der Waals surface area contributed by atoms with Gasteiger partial charge in [0.1, 0.15) is 5.69 Å². The number of fused-ring (bicyclic) bond motifs is 3. The smallest absolute Gasteiger partial charge is 0.328 e. The molecule has 2 aromatic rings. The third kappa shape index (κ3) is 2.56. The number of halogens is 1. The van der Waals surface area contributed by atoms with Crippen LogP contribution < -0.4 is 15.5 Å². The van der Waals surface area contributed by atoms with Crippen LogP contribution in [0, 0.1) is 11.2 Å². The summed E-state index contributed by atoms with van der Waals surface area (Å²) in [5.41, 5.74) is -1.14. The third-order valence-electron chi connectivity index (χ3n) is 8.76. The molecule has 12 heteroatoms. The Morgan fingerprint density at radius 2 is 1.94 bits per heavy atom. The zero-order valence-corrected chi connectivity index (χ0v) is 20.3. The lowest BCUT2D eigenvalue weighted by Crippen LogP contribution is -2.75. The van der Waals surface area contributed by atoms with Crippen LogP contribution in [0.5, 0.6) is 0 Å². The average Bonchev–Trinajstić information content (AvgIpc) is 3.38. The van der Waals surface area contributed by atoms with Crippen molar-refractivity contribution in [2.75, 3.05) is 38.8 Å². The average molecular weight is 499 g/mol. The van der Waals surface area contributed by atoms with E-state index in [0.29, 0.717) is 35.3 Å². The molecular formula is C24H27FN6O5. The van der Waals surface area contributed by atoms with Gasteiger partial charge in [-0.05, 0) is 39.1 Å². The normalized spacial score (nSPS) is 33.7. The number of carbonyl (C=O) groups excluding carboxylic acids is 3. The van der Waals surface area contributed by atoms with E-state index in [9.17, 15) is 14.4 Å². The van der Waals surface area contributed by atoms with Gasteiger partial charge >= 0.3 is 6.03 Å². The number of aromatic nitrogens is 1. The van der Waals surface area contributed by atoms with Crippen LogP contribution >= 0.6 is 0 Å². The largest absolute Gasteiger partial charge is 0.371 e. The Hall–Kier alpha value is -3.09. The molecule has 4 fully saturated rings. The number of amides is 4. The first-order chi connectivity index (χ1) is 17.2. The van der Waals surface area contributed by atoms with Crippen molar-refractivity contribution >= 4 is 34.5 Å². The van der Waals surface area contributed by atoms with Gasteiger partial charge in [-0.15, -0.1) is 0 Å².